The van der Waals surface area contributed by atoms with Gasteiger partial charge in [-0.25, -0.2) is 0 Å². The Morgan fingerprint density at radius 1 is 0.443 bits per heavy atom. The number of esters is 2. The molecule has 8 nitrogen and oxygen atoms in total. The summed E-state index contributed by atoms with van der Waals surface area (Å²) in [5.41, 5.74) is 0. The number of carbonyl (C=O) groups excluding carboxylic acids is 3. The van der Waals surface area contributed by atoms with E-state index in [4.69, 9.17) is 14.2 Å². The Bertz CT molecular complexity index is 1330. The molecule has 0 saturated carbocycles. The average molecular weight is 983 g/mol. The Hall–Kier alpha value is -2.97. The molecule has 0 spiro atoms. The number of ether oxygens (including phenoxy) is 3. The first-order chi connectivity index (χ1) is 34.1. The Labute approximate surface area is 432 Å². The Morgan fingerprint density at radius 3 is 1.19 bits per heavy atom. The van der Waals surface area contributed by atoms with Crippen LogP contribution in [0.5, 0.6) is 0 Å². The number of carboxylic acid groups (broad SMARTS) is 1. The van der Waals surface area contributed by atoms with Crippen molar-refractivity contribution in [2.45, 2.75) is 276 Å². The SMILES string of the molecule is CC/C=C/C/C=C/C/C=C/CCCCCCCCCCCCCCCC(=O)OC(COCCC(C(=O)[O-])[N+](C)(C)C)COC(=O)CCCCCCCCC/C=C/C/C=C/CCCCCCCCCCC. The smallest absolute Gasteiger partial charge is 0.306 e. The third-order valence-corrected chi connectivity index (χ3v) is 13.1. The summed E-state index contributed by atoms with van der Waals surface area (Å²) >= 11 is 0. The van der Waals surface area contributed by atoms with Gasteiger partial charge in [-0.2, -0.15) is 0 Å². The molecule has 0 rings (SSSR count). The maximum atomic E-state index is 12.8. The largest absolute Gasteiger partial charge is 0.544 e. The summed E-state index contributed by atoms with van der Waals surface area (Å²) in [6.07, 6.45) is 66.9. The van der Waals surface area contributed by atoms with Crippen LogP contribution in [0.4, 0.5) is 0 Å². The predicted octanol–water partition coefficient (Wildman–Crippen LogP) is 16.3. The van der Waals surface area contributed by atoms with Crippen molar-refractivity contribution in [2.24, 2.45) is 0 Å². The van der Waals surface area contributed by atoms with Crippen LogP contribution < -0.4 is 5.11 Å². The molecule has 0 fully saturated rings. The zero-order valence-electron chi connectivity index (χ0n) is 46.4. The lowest BCUT2D eigenvalue weighted by Gasteiger charge is -2.34. The fourth-order valence-electron chi connectivity index (χ4n) is 8.65. The highest BCUT2D eigenvalue weighted by atomic mass is 16.6. The monoisotopic (exact) mass is 982 g/mol. The van der Waals surface area contributed by atoms with E-state index in [9.17, 15) is 19.5 Å². The van der Waals surface area contributed by atoms with E-state index in [2.05, 4.69) is 74.6 Å². The highest BCUT2D eigenvalue weighted by Crippen LogP contribution is 2.16. The van der Waals surface area contributed by atoms with E-state index in [0.29, 0.717) is 12.8 Å². The van der Waals surface area contributed by atoms with Crippen molar-refractivity contribution in [1.82, 2.24) is 0 Å². The van der Waals surface area contributed by atoms with E-state index in [-0.39, 0.29) is 42.7 Å². The number of rotatable bonds is 53. The number of likely N-dealkylation sites (N-methyl/N-ethyl adjacent to an activating group) is 1. The highest BCUT2D eigenvalue weighted by Gasteiger charge is 2.25. The van der Waals surface area contributed by atoms with Crippen LogP contribution in [0.25, 0.3) is 0 Å². The third kappa shape index (κ3) is 50.0. The van der Waals surface area contributed by atoms with Gasteiger partial charge in [0.05, 0.1) is 40.3 Å². The summed E-state index contributed by atoms with van der Waals surface area (Å²) in [7, 11) is 5.42. The number of hydrogen-bond acceptors (Lipinski definition) is 7. The van der Waals surface area contributed by atoms with Crippen LogP contribution in [-0.4, -0.2) is 75.5 Å². The summed E-state index contributed by atoms with van der Waals surface area (Å²) in [6.45, 7) is 4.58. The second-order valence-electron chi connectivity index (χ2n) is 20.8. The molecule has 2 unspecified atom stereocenters. The maximum Gasteiger partial charge on any atom is 0.306 e. The number of nitrogens with zero attached hydrogens (tertiary/aromatic N) is 1. The van der Waals surface area contributed by atoms with E-state index >= 15 is 0 Å². The van der Waals surface area contributed by atoms with Gasteiger partial charge in [0, 0.05) is 19.3 Å². The van der Waals surface area contributed by atoms with Gasteiger partial charge >= 0.3 is 11.9 Å². The van der Waals surface area contributed by atoms with Crippen LogP contribution in [0.3, 0.4) is 0 Å². The van der Waals surface area contributed by atoms with Gasteiger partial charge in [0.15, 0.2) is 6.10 Å². The van der Waals surface area contributed by atoms with Crippen LogP contribution in [-0.2, 0) is 28.6 Å². The van der Waals surface area contributed by atoms with Crippen molar-refractivity contribution >= 4 is 17.9 Å². The quantitative estimate of drug-likeness (QED) is 0.0259. The molecule has 8 heteroatoms. The minimum absolute atomic E-state index is 0.0376. The van der Waals surface area contributed by atoms with Gasteiger partial charge in [-0.1, -0.05) is 229 Å². The van der Waals surface area contributed by atoms with Crippen molar-refractivity contribution in [3.05, 3.63) is 60.8 Å². The van der Waals surface area contributed by atoms with Crippen molar-refractivity contribution in [1.29, 1.82) is 0 Å². The lowest BCUT2D eigenvalue weighted by atomic mass is 10.0. The van der Waals surface area contributed by atoms with Gasteiger partial charge in [-0.05, 0) is 77.0 Å². The molecule has 0 radical (unpaired) electrons. The van der Waals surface area contributed by atoms with Crippen molar-refractivity contribution < 1.29 is 38.2 Å². The predicted molar refractivity (Wildman–Crippen MR) is 296 cm³/mol. The van der Waals surface area contributed by atoms with E-state index < -0.39 is 18.1 Å². The minimum Gasteiger partial charge on any atom is -0.544 e. The van der Waals surface area contributed by atoms with Crippen molar-refractivity contribution in [2.75, 3.05) is 41.0 Å². The van der Waals surface area contributed by atoms with Gasteiger partial charge in [0.2, 0.25) is 0 Å². The van der Waals surface area contributed by atoms with Crippen LogP contribution in [0.1, 0.15) is 264 Å². The number of unbranched alkanes of at least 4 members (excludes halogenated alkanes) is 29. The minimum atomic E-state index is -1.12. The molecule has 0 aliphatic rings. The molecule has 0 aromatic heterocycles. The summed E-state index contributed by atoms with van der Waals surface area (Å²) in [5, 5.41) is 11.7. The molecule has 0 aromatic carbocycles. The summed E-state index contributed by atoms with van der Waals surface area (Å²) in [6, 6.07) is -0.730. The second-order valence-corrected chi connectivity index (χ2v) is 20.8. The summed E-state index contributed by atoms with van der Waals surface area (Å²) < 4.78 is 17.3. The van der Waals surface area contributed by atoms with Gasteiger partial charge in [-0.15, -0.1) is 0 Å². The van der Waals surface area contributed by atoms with Crippen LogP contribution in [0.15, 0.2) is 60.8 Å². The average Bonchev–Trinajstić information content (AvgIpc) is 3.33. The fourth-order valence-corrected chi connectivity index (χ4v) is 8.65. The molecule has 0 saturated heterocycles. The van der Waals surface area contributed by atoms with Crippen molar-refractivity contribution in [3.8, 4) is 0 Å². The molecule has 0 aromatic rings. The number of aliphatic carboxylic acids is 1. The Balaban J connectivity index is 4.17. The first-order valence-electron chi connectivity index (χ1n) is 29.3. The molecule has 70 heavy (non-hydrogen) atoms. The standard InChI is InChI=1S/C62H111NO7/c1-6-8-10-12-14-16-18-20-22-24-26-28-30-32-34-36-38-40-42-44-46-48-50-52-60(64)69-57-58(56-68-55-54-59(62(66)67)63(3,4)5)70-61(65)53-51-49-47-45-43-41-39-37-35-33-31-29-27-25-23-21-19-17-15-13-11-9-7-2/h9,11,15,17,21,23,26,28,32,34,58-59H,6-8,10,12-14,16,18-20,22,24-25,27,29-31,33,35-57H2,1-5H3/b11-9+,17-15+,23-21+,28-26+,34-32+. The van der Waals surface area contributed by atoms with Crippen LogP contribution in [0.2, 0.25) is 0 Å². The van der Waals surface area contributed by atoms with E-state index in [1.165, 1.54) is 161 Å². The van der Waals surface area contributed by atoms with E-state index in [0.717, 1.165) is 70.6 Å². The first kappa shape index (κ1) is 67.0. The van der Waals surface area contributed by atoms with Gasteiger partial charge in [-0.3, -0.25) is 9.59 Å². The number of allylic oxidation sites excluding steroid dienone is 10. The number of hydrogen-bond donors (Lipinski definition) is 0. The van der Waals surface area contributed by atoms with Crippen molar-refractivity contribution in [3.63, 3.8) is 0 Å². The number of quaternary nitrogens is 1. The third-order valence-electron chi connectivity index (χ3n) is 13.1. The molecular weight excluding hydrogens is 871 g/mol. The lowest BCUT2D eigenvalue weighted by Crippen LogP contribution is -2.55. The molecule has 406 valence electrons. The Kier molecular flexibility index (Phi) is 50.1. The summed E-state index contributed by atoms with van der Waals surface area (Å²) in [5.74, 6) is -1.74. The molecule has 0 bridgehead atoms. The number of carbonyl (C=O) groups is 3. The number of carboxylic acids is 1. The Morgan fingerprint density at radius 2 is 0.800 bits per heavy atom. The topological polar surface area (TPSA) is 102 Å². The molecular formula is C62H111NO7. The zero-order chi connectivity index (χ0) is 51.3. The van der Waals surface area contributed by atoms with Gasteiger partial charge < -0.3 is 28.6 Å². The molecule has 0 heterocycles. The normalized spacial score (nSPS) is 13.2. The van der Waals surface area contributed by atoms with Crippen LogP contribution in [0, 0.1) is 0 Å². The maximum absolute atomic E-state index is 12.8. The highest BCUT2D eigenvalue weighted by molar-refractivity contribution is 5.70. The van der Waals surface area contributed by atoms with Gasteiger partial charge in [0.1, 0.15) is 12.6 Å². The molecule has 2 atom stereocenters. The van der Waals surface area contributed by atoms with Gasteiger partial charge in [0.25, 0.3) is 0 Å². The zero-order valence-corrected chi connectivity index (χ0v) is 46.4. The lowest BCUT2D eigenvalue weighted by molar-refractivity contribution is -0.889. The second kappa shape index (κ2) is 52.4. The summed E-state index contributed by atoms with van der Waals surface area (Å²) in [4.78, 5) is 37.2. The van der Waals surface area contributed by atoms with E-state index in [1.807, 2.05) is 21.1 Å². The van der Waals surface area contributed by atoms with Crippen LogP contribution >= 0.6 is 0 Å². The molecule has 0 aliphatic carbocycles. The van der Waals surface area contributed by atoms with E-state index in [1.54, 1.807) is 0 Å². The molecule has 0 aliphatic heterocycles. The first-order valence-corrected chi connectivity index (χ1v) is 29.3. The molecule has 0 amide bonds. The molecule has 0 N–H and O–H groups in total. The fraction of sp³-hybridized carbons (Fsp3) is 0.790.